The van der Waals surface area contributed by atoms with Crippen molar-refractivity contribution in [3.63, 3.8) is 0 Å². The molecule has 0 aliphatic carbocycles. The van der Waals surface area contributed by atoms with E-state index < -0.39 is 92.8 Å². The van der Waals surface area contributed by atoms with Crippen LogP contribution in [0.25, 0.3) is 0 Å². The molecule has 0 unspecified atom stereocenters. The van der Waals surface area contributed by atoms with Gasteiger partial charge in [-0.05, 0) is 78.6 Å². The maximum Gasteiger partial charge on any atom is 0.416 e. The Balaban J connectivity index is 1.82. The summed E-state index contributed by atoms with van der Waals surface area (Å²) in [4.78, 5) is 61.4. The lowest BCUT2D eigenvalue weighted by molar-refractivity contribution is -0.138. The molecule has 1 aromatic heterocycles. The van der Waals surface area contributed by atoms with Crippen LogP contribution in [0.5, 0.6) is 11.5 Å². The Morgan fingerprint density at radius 2 is 0.967 bits per heavy atom. The fourth-order valence-corrected chi connectivity index (χ4v) is 4.93. The fraction of sp³-hybridized carbons (Fsp3) is 0.474. The number of halogens is 6. The number of benzene rings is 2. The van der Waals surface area contributed by atoms with Crippen molar-refractivity contribution in [3.8, 4) is 11.5 Å². The number of nitrogen functional groups attached to an aromatic ring is 2. The number of alkyl halides is 6. The Bertz CT molecular complexity index is 1900. The minimum absolute atomic E-state index is 0.122. The SMILES string of the molecule is CN(CCCOc1c(N)cc(C(F)(F)F)cc1NC(=O)c1cc(C(=O)Nc2cc(C(F)(F)F)cc(N)c2OCCCN(C)C(=O)OC(C)(C)C)ncn1)C(=O)OC(C)(C)C. The van der Waals surface area contributed by atoms with E-state index in [1.54, 1.807) is 41.5 Å². The normalized spacial score (nSPS) is 12.0. The lowest BCUT2D eigenvalue weighted by Crippen LogP contribution is -2.35. The maximum atomic E-state index is 13.8. The summed E-state index contributed by atoms with van der Waals surface area (Å²) in [6.45, 7) is 10.0. The highest BCUT2D eigenvalue weighted by molar-refractivity contribution is 6.08. The smallest absolute Gasteiger partial charge is 0.416 e. The predicted molar refractivity (Wildman–Crippen MR) is 208 cm³/mol. The van der Waals surface area contributed by atoms with Gasteiger partial charge in [0.1, 0.15) is 28.9 Å². The second kappa shape index (κ2) is 19.2. The van der Waals surface area contributed by atoms with Crippen LogP contribution in [-0.4, -0.2) is 95.4 Å². The maximum absolute atomic E-state index is 13.8. The number of carbonyl (C=O) groups excluding carboxylic acids is 4. The predicted octanol–water partition coefficient (Wildman–Crippen LogP) is 7.45. The van der Waals surface area contributed by atoms with Crippen LogP contribution >= 0.6 is 0 Å². The number of hydrogen-bond acceptors (Lipinski definition) is 12. The van der Waals surface area contributed by atoms with E-state index in [4.69, 9.17) is 30.4 Å². The molecule has 3 rings (SSSR count). The number of anilines is 4. The standard InChI is InChI=1S/C38H48F6N8O8/c1-35(2,3)59-33(55)51(7)11-9-13-57-29-23(45)15-21(37(39,40)41)17-25(29)49-31(53)27-19-28(48-20-47-27)32(54)50-26-18-22(38(42,43)44)16-24(46)30(26)58-14-10-12-52(8)34(56)60-36(4,5)6/h15-20H,9-14,45-46H2,1-8H3,(H,49,53)(H,50,54). The summed E-state index contributed by atoms with van der Waals surface area (Å²) in [6.07, 6.45) is -9.92. The average molecular weight is 859 g/mol. The molecule has 0 fully saturated rings. The molecule has 0 bridgehead atoms. The third-order valence-electron chi connectivity index (χ3n) is 7.70. The van der Waals surface area contributed by atoms with Crippen LogP contribution in [0.2, 0.25) is 0 Å². The van der Waals surface area contributed by atoms with Crippen LogP contribution in [0, 0.1) is 0 Å². The van der Waals surface area contributed by atoms with Gasteiger partial charge in [-0.1, -0.05) is 0 Å². The van der Waals surface area contributed by atoms with Crippen LogP contribution in [-0.2, 0) is 21.8 Å². The second-order valence-corrected chi connectivity index (χ2v) is 15.3. The highest BCUT2D eigenvalue weighted by Crippen LogP contribution is 2.41. The van der Waals surface area contributed by atoms with Gasteiger partial charge in [0.15, 0.2) is 11.5 Å². The highest BCUT2D eigenvalue weighted by atomic mass is 19.4. The molecule has 4 amide bonds. The Morgan fingerprint density at radius 1 is 0.617 bits per heavy atom. The molecular weight excluding hydrogens is 810 g/mol. The van der Waals surface area contributed by atoms with E-state index in [1.165, 1.54) is 23.9 Å². The quantitative estimate of drug-likeness (QED) is 0.0707. The van der Waals surface area contributed by atoms with E-state index in [1.807, 2.05) is 0 Å². The highest BCUT2D eigenvalue weighted by Gasteiger charge is 2.34. The first kappa shape index (κ1) is 48.2. The zero-order valence-corrected chi connectivity index (χ0v) is 34.2. The van der Waals surface area contributed by atoms with Gasteiger partial charge in [0, 0.05) is 33.3 Å². The van der Waals surface area contributed by atoms with Crippen LogP contribution in [0.4, 0.5) is 58.7 Å². The third-order valence-corrected chi connectivity index (χ3v) is 7.70. The van der Waals surface area contributed by atoms with Crippen molar-refractivity contribution in [1.82, 2.24) is 19.8 Å². The zero-order chi connectivity index (χ0) is 45.4. The molecule has 0 atom stereocenters. The Kier molecular flexibility index (Phi) is 15.4. The van der Waals surface area contributed by atoms with Gasteiger partial charge in [-0.3, -0.25) is 9.59 Å². The van der Waals surface area contributed by atoms with Crippen LogP contribution < -0.4 is 31.6 Å². The number of aromatic nitrogens is 2. The fourth-order valence-electron chi connectivity index (χ4n) is 4.93. The second-order valence-electron chi connectivity index (χ2n) is 15.3. The van der Waals surface area contributed by atoms with Crippen molar-refractivity contribution in [2.75, 3.05) is 62.5 Å². The number of nitrogens with zero attached hydrogens (tertiary/aromatic N) is 4. The molecule has 60 heavy (non-hydrogen) atoms. The van der Waals surface area contributed by atoms with Gasteiger partial charge in [0.2, 0.25) is 0 Å². The summed E-state index contributed by atoms with van der Waals surface area (Å²) in [5.41, 5.74) is 4.76. The van der Waals surface area contributed by atoms with E-state index in [-0.39, 0.29) is 50.6 Å². The van der Waals surface area contributed by atoms with Gasteiger partial charge in [-0.25, -0.2) is 19.6 Å². The molecule has 1 heterocycles. The van der Waals surface area contributed by atoms with Crippen LogP contribution in [0.15, 0.2) is 36.7 Å². The van der Waals surface area contributed by atoms with Gasteiger partial charge in [-0.15, -0.1) is 0 Å². The van der Waals surface area contributed by atoms with Crippen molar-refractivity contribution in [2.24, 2.45) is 0 Å². The molecular formula is C38H48F6N8O8. The first-order chi connectivity index (χ1) is 27.6. The molecule has 0 radical (unpaired) electrons. The van der Waals surface area contributed by atoms with Crippen LogP contribution in [0.3, 0.4) is 0 Å². The van der Waals surface area contributed by atoms with Crippen LogP contribution in [0.1, 0.15) is 86.5 Å². The van der Waals surface area contributed by atoms with Gasteiger partial charge in [0.05, 0.1) is 47.1 Å². The molecule has 330 valence electrons. The first-order valence-electron chi connectivity index (χ1n) is 18.2. The van der Waals surface area contributed by atoms with Crippen molar-refractivity contribution < 1.29 is 64.5 Å². The number of carbonyl (C=O) groups is 4. The molecule has 22 heteroatoms. The number of ether oxygens (including phenoxy) is 4. The molecule has 0 aliphatic rings. The van der Waals surface area contributed by atoms with Gasteiger partial charge >= 0.3 is 24.5 Å². The average Bonchev–Trinajstić information content (AvgIpc) is 3.10. The summed E-state index contributed by atoms with van der Waals surface area (Å²) in [6, 6.07) is 3.18. The molecule has 0 saturated carbocycles. The van der Waals surface area contributed by atoms with Crippen molar-refractivity contribution in [1.29, 1.82) is 0 Å². The van der Waals surface area contributed by atoms with E-state index in [2.05, 4.69) is 20.6 Å². The van der Waals surface area contributed by atoms with Gasteiger partial charge < -0.3 is 50.8 Å². The third kappa shape index (κ3) is 14.6. The zero-order valence-electron chi connectivity index (χ0n) is 34.2. The van der Waals surface area contributed by atoms with E-state index in [9.17, 15) is 45.5 Å². The topological polar surface area (TPSA) is 214 Å². The summed E-state index contributed by atoms with van der Waals surface area (Å²) < 4.78 is 104. The molecule has 16 nitrogen and oxygen atoms in total. The summed E-state index contributed by atoms with van der Waals surface area (Å²) in [5, 5.41) is 4.48. The summed E-state index contributed by atoms with van der Waals surface area (Å²) >= 11 is 0. The Labute approximate surface area is 341 Å². The Morgan fingerprint density at radius 3 is 1.28 bits per heavy atom. The minimum atomic E-state index is -4.89. The Hall–Kier alpha value is -6.22. The molecule has 3 aromatic rings. The number of amides is 4. The molecule has 6 N–H and O–H groups in total. The number of nitrogens with one attached hydrogen (secondary N) is 2. The van der Waals surface area contributed by atoms with Gasteiger partial charge in [-0.2, -0.15) is 26.3 Å². The van der Waals surface area contributed by atoms with Crippen molar-refractivity contribution >= 4 is 46.8 Å². The van der Waals surface area contributed by atoms with E-state index in [0.29, 0.717) is 24.3 Å². The van der Waals surface area contributed by atoms with E-state index >= 15 is 0 Å². The van der Waals surface area contributed by atoms with E-state index in [0.717, 1.165) is 12.4 Å². The number of rotatable bonds is 14. The summed E-state index contributed by atoms with van der Waals surface area (Å²) in [5.74, 6) is -2.98. The number of nitrogens with two attached hydrogens (primary N) is 2. The molecule has 0 saturated heterocycles. The lowest BCUT2D eigenvalue weighted by Gasteiger charge is -2.24. The molecule has 0 aliphatic heterocycles. The lowest BCUT2D eigenvalue weighted by atomic mass is 10.1. The monoisotopic (exact) mass is 858 g/mol. The summed E-state index contributed by atoms with van der Waals surface area (Å²) in [7, 11) is 2.95. The molecule has 2 aromatic carbocycles. The largest absolute Gasteiger partial charge is 0.489 e. The number of hydrogen-bond donors (Lipinski definition) is 4. The van der Waals surface area contributed by atoms with Crippen molar-refractivity contribution in [2.45, 2.75) is 77.9 Å². The molecule has 0 spiro atoms. The van der Waals surface area contributed by atoms with Gasteiger partial charge in [0.25, 0.3) is 11.8 Å². The minimum Gasteiger partial charge on any atom is -0.489 e. The van der Waals surface area contributed by atoms with Crippen molar-refractivity contribution in [3.05, 3.63) is 59.2 Å². The first-order valence-corrected chi connectivity index (χ1v) is 18.2.